The molecule has 1 aromatic heterocycles. The summed E-state index contributed by atoms with van der Waals surface area (Å²) in [6, 6.07) is 6.12. The summed E-state index contributed by atoms with van der Waals surface area (Å²) in [6.45, 7) is 3.98. The van der Waals surface area contributed by atoms with Gasteiger partial charge in [0.15, 0.2) is 0 Å². The Kier molecular flexibility index (Phi) is 5.02. The number of nitrogens with zero attached hydrogens (tertiary/aromatic N) is 3. The molecule has 1 fully saturated rings. The second-order valence-electron chi connectivity index (χ2n) is 5.83. The fourth-order valence-corrected chi connectivity index (χ4v) is 2.79. The highest BCUT2D eigenvalue weighted by Crippen LogP contribution is 2.14. The van der Waals surface area contributed by atoms with Crippen LogP contribution in [0, 0.1) is 5.82 Å². The molecule has 6 heteroatoms. The van der Waals surface area contributed by atoms with Gasteiger partial charge < -0.3 is 10.2 Å². The summed E-state index contributed by atoms with van der Waals surface area (Å²) in [5.74, 6) is -0.794. The minimum absolute atomic E-state index is 0.179. The van der Waals surface area contributed by atoms with E-state index in [-0.39, 0.29) is 11.6 Å². The second kappa shape index (κ2) is 7.37. The molecule has 122 valence electrons. The van der Waals surface area contributed by atoms with Gasteiger partial charge in [0.05, 0.1) is 24.0 Å². The van der Waals surface area contributed by atoms with Gasteiger partial charge in [0.1, 0.15) is 5.82 Å². The molecule has 0 saturated carbocycles. The van der Waals surface area contributed by atoms with Crippen molar-refractivity contribution in [2.45, 2.75) is 25.8 Å². The molecule has 5 nitrogen and oxygen atoms in total. The van der Waals surface area contributed by atoms with Crippen molar-refractivity contribution in [1.29, 1.82) is 0 Å². The number of rotatable bonds is 5. The predicted octanol–water partition coefficient (Wildman–Crippen LogP) is 2.76. The van der Waals surface area contributed by atoms with E-state index in [9.17, 15) is 9.18 Å². The van der Waals surface area contributed by atoms with Crippen molar-refractivity contribution < 1.29 is 9.18 Å². The number of amides is 1. The van der Waals surface area contributed by atoms with Gasteiger partial charge in [0.2, 0.25) is 0 Å². The molecule has 0 radical (unpaired) electrons. The van der Waals surface area contributed by atoms with Crippen LogP contribution in [0.15, 0.2) is 36.7 Å². The summed E-state index contributed by atoms with van der Waals surface area (Å²) in [5.41, 5.74) is 0.616. The number of piperidine rings is 1. The lowest BCUT2D eigenvalue weighted by Gasteiger charge is -2.26. The van der Waals surface area contributed by atoms with E-state index in [2.05, 4.69) is 15.3 Å². The van der Waals surface area contributed by atoms with Gasteiger partial charge in [-0.3, -0.25) is 9.48 Å². The van der Waals surface area contributed by atoms with Gasteiger partial charge in [0.25, 0.3) is 5.91 Å². The number of carbonyl (C=O) groups is 1. The van der Waals surface area contributed by atoms with Gasteiger partial charge in [-0.2, -0.15) is 5.10 Å². The van der Waals surface area contributed by atoms with Crippen molar-refractivity contribution in [3.63, 3.8) is 0 Å². The van der Waals surface area contributed by atoms with Crippen molar-refractivity contribution in [3.8, 4) is 0 Å². The van der Waals surface area contributed by atoms with Crippen LogP contribution in [0.25, 0.3) is 0 Å². The first-order chi connectivity index (χ1) is 11.2. The van der Waals surface area contributed by atoms with Crippen LogP contribution in [0.4, 0.5) is 10.1 Å². The summed E-state index contributed by atoms with van der Waals surface area (Å²) in [7, 11) is 0. The summed E-state index contributed by atoms with van der Waals surface area (Å²) < 4.78 is 15.3. The lowest BCUT2D eigenvalue weighted by Crippen LogP contribution is -2.32. The van der Waals surface area contributed by atoms with Crippen molar-refractivity contribution >= 4 is 11.6 Å². The average Bonchev–Trinajstić information content (AvgIpc) is 3.05. The Morgan fingerprint density at radius 3 is 2.74 bits per heavy atom. The largest absolute Gasteiger partial charge is 0.319 e. The van der Waals surface area contributed by atoms with Crippen molar-refractivity contribution in [2.24, 2.45) is 0 Å². The highest BCUT2D eigenvalue weighted by Gasteiger charge is 2.13. The van der Waals surface area contributed by atoms with Gasteiger partial charge >= 0.3 is 0 Å². The quantitative estimate of drug-likeness (QED) is 0.923. The number of benzene rings is 1. The molecule has 1 aromatic carbocycles. The van der Waals surface area contributed by atoms with Crippen molar-refractivity contribution in [3.05, 3.63) is 48.0 Å². The van der Waals surface area contributed by atoms with E-state index in [0.717, 1.165) is 26.2 Å². The number of likely N-dealkylation sites (tertiary alicyclic amines) is 1. The number of anilines is 1. The lowest BCUT2D eigenvalue weighted by atomic mass is 10.1. The van der Waals surface area contributed by atoms with E-state index >= 15 is 0 Å². The first-order valence-electron chi connectivity index (χ1n) is 8.03. The number of aromatic nitrogens is 2. The molecule has 1 N–H and O–H groups in total. The fourth-order valence-electron chi connectivity index (χ4n) is 2.79. The van der Waals surface area contributed by atoms with Gasteiger partial charge in [-0.05, 0) is 38.1 Å². The predicted molar refractivity (Wildman–Crippen MR) is 86.9 cm³/mol. The number of hydrogen-bond donors (Lipinski definition) is 1. The summed E-state index contributed by atoms with van der Waals surface area (Å²) in [6.07, 6.45) is 7.07. The molecule has 3 rings (SSSR count). The number of carbonyl (C=O) groups excluding carboxylic acids is 1. The van der Waals surface area contributed by atoms with E-state index in [1.54, 1.807) is 23.0 Å². The molecule has 1 amide bonds. The van der Waals surface area contributed by atoms with Crippen LogP contribution in [-0.2, 0) is 6.54 Å². The van der Waals surface area contributed by atoms with Crippen LogP contribution in [-0.4, -0.2) is 40.2 Å². The van der Waals surface area contributed by atoms with Crippen LogP contribution in [0.1, 0.15) is 29.6 Å². The number of hydrogen-bond acceptors (Lipinski definition) is 3. The molecule has 0 bridgehead atoms. The Bertz CT molecular complexity index is 664. The van der Waals surface area contributed by atoms with Crippen LogP contribution >= 0.6 is 0 Å². The zero-order valence-corrected chi connectivity index (χ0v) is 13.0. The molecular weight excluding hydrogens is 295 g/mol. The normalized spacial score (nSPS) is 15.5. The number of para-hydroxylation sites is 1. The Hall–Kier alpha value is -2.21. The van der Waals surface area contributed by atoms with Gasteiger partial charge in [0, 0.05) is 12.7 Å². The Labute approximate surface area is 135 Å². The second-order valence-corrected chi connectivity index (χ2v) is 5.83. The standard InChI is InChI=1S/C17H21FN4O/c18-15-6-2-3-7-16(15)20-17(23)14-12-19-22(13-14)11-10-21-8-4-1-5-9-21/h2-3,6-7,12-13H,1,4-5,8-11H2,(H,20,23). The molecule has 0 atom stereocenters. The Balaban J connectivity index is 1.55. The van der Waals surface area contributed by atoms with Crippen molar-refractivity contribution in [2.75, 3.05) is 25.0 Å². The monoisotopic (exact) mass is 316 g/mol. The van der Waals surface area contributed by atoms with E-state index in [1.807, 2.05) is 0 Å². The van der Waals surface area contributed by atoms with Crippen LogP contribution in [0.3, 0.4) is 0 Å². The molecule has 0 spiro atoms. The summed E-state index contributed by atoms with van der Waals surface area (Å²) >= 11 is 0. The molecular formula is C17H21FN4O. The third kappa shape index (κ3) is 4.16. The zero-order valence-electron chi connectivity index (χ0n) is 13.0. The fraction of sp³-hybridized carbons (Fsp3) is 0.412. The Morgan fingerprint density at radius 2 is 1.96 bits per heavy atom. The first-order valence-corrected chi connectivity index (χ1v) is 8.03. The molecule has 0 unspecified atom stereocenters. The van der Waals surface area contributed by atoms with Crippen LogP contribution in [0.2, 0.25) is 0 Å². The van der Waals surface area contributed by atoms with Gasteiger partial charge in [-0.1, -0.05) is 18.6 Å². The maximum absolute atomic E-state index is 13.6. The summed E-state index contributed by atoms with van der Waals surface area (Å²) in [4.78, 5) is 14.6. The maximum atomic E-state index is 13.6. The first kappa shape index (κ1) is 15.7. The molecule has 1 aliphatic heterocycles. The molecule has 0 aliphatic carbocycles. The molecule has 2 heterocycles. The van der Waals surface area contributed by atoms with E-state index < -0.39 is 5.82 Å². The van der Waals surface area contributed by atoms with Gasteiger partial charge in [-0.25, -0.2) is 4.39 Å². The highest BCUT2D eigenvalue weighted by atomic mass is 19.1. The topological polar surface area (TPSA) is 50.2 Å². The third-order valence-corrected chi connectivity index (χ3v) is 4.11. The minimum Gasteiger partial charge on any atom is -0.319 e. The number of halogens is 1. The SMILES string of the molecule is O=C(Nc1ccccc1F)c1cnn(CCN2CCCCC2)c1. The van der Waals surface area contributed by atoms with Crippen molar-refractivity contribution in [1.82, 2.24) is 14.7 Å². The third-order valence-electron chi connectivity index (χ3n) is 4.11. The zero-order chi connectivity index (χ0) is 16.1. The van der Waals surface area contributed by atoms with E-state index in [4.69, 9.17) is 0 Å². The van der Waals surface area contributed by atoms with Crippen LogP contribution < -0.4 is 5.32 Å². The molecule has 2 aromatic rings. The summed E-state index contributed by atoms with van der Waals surface area (Å²) in [5, 5.41) is 6.79. The maximum Gasteiger partial charge on any atom is 0.258 e. The average molecular weight is 316 g/mol. The van der Waals surface area contributed by atoms with Gasteiger partial charge in [-0.15, -0.1) is 0 Å². The van der Waals surface area contributed by atoms with Crippen LogP contribution in [0.5, 0.6) is 0 Å². The molecule has 1 aliphatic rings. The minimum atomic E-state index is -0.446. The smallest absolute Gasteiger partial charge is 0.258 e. The number of nitrogens with one attached hydrogen (secondary N) is 1. The Morgan fingerprint density at radius 1 is 1.17 bits per heavy atom. The molecule has 1 saturated heterocycles. The highest BCUT2D eigenvalue weighted by molar-refractivity contribution is 6.03. The lowest BCUT2D eigenvalue weighted by molar-refractivity contribution is 0.102. The molecule has 23 heavy (non-hydrogen) atoms. The van der Waals surface area contributed by atoms with E-state index in [1.165, 1.54) is 37.6 Å². The van der Waals surface area contributed by atoms with E-state index in [0.29, 0.717) is 5.56 Å².